The lowest BCUT2D eigenvalue weighted by atomic mass is 9.95. The van der Waals surface area contributed by atoms with Gasteiger partial charge in [-0.2, -0.15) is 5.10 Å². The topological polar surface area (TPSA) is 79.6 Å². The summed E-state index contributed by atoms with van der Waals surface area (Å²) in [5.74, 6) is 1.73. The van der Waals surface area contributed by atoms with E-state index in [4.69, 9.17) is 14.7 Å². The molecule has 152 valence electrons. The molecule has 0 aliphatic carbocycles. The summed E-state index contributed by atoms with van der Waals surface area (Å²) in [4.78, 5) is 28.5. The van der Waals surface area contributed by atoms with Crippen molar-refractivity contribution in [1.29, 1.82) is 0 Å². The molecule has 2 fully saturated rings. The summed E-state index contributed by atoms with van der Waals surface area (Å²) in [6.45, 7) is 11.8. The van der Waals surface area contributed by atoms with E-state index in [1.807, 2.05) is 23.0 Å². The molecule has 2 aliphatic heterocycles. The molecule has 0 saturated carbocycles. The molecule has 0 atom stereocenters. The third-order valence-electron chi connectivity index (χ3n) is 5.37. The largest absolute Gasteiger partial charge is 0.378 e. The monoisotopic (exact) mass is 387 g/mol. The Morgan fingerprint density at radius 1 is 1.00 bits per heavy atom. The number of morpholine rings is 1. The molecular weight excluding hydrogens is 358 g/mol. The van der Waals surface area contributed by atoms with Gasteiger partial charge in [-0.3, -0.25) is 4.68 Å². The Hall–Kier alpha value is -2.42. The number of urea groups is 1. The van der Waals surface area contributed by atoms with E-state index in [9.17, 15) is 4.79 Å². The molecule has 9 nitrogen and oxygen atoms in total. The predicted octanol–water partition coefficient (Wildman–Crippen LogP) is 1.24. The SMILES string of the molecule is Cn1ncc2c(N3CCN(C(=O)N4CCOCC4)CC3)nc(C(C)(C)C)nc21. The van der Waals surface area contributed by atoms with Crippen molar-refractivity contribution in [2.45, 2.75) is 26.2 Å². The molecule has 0 spiro atoms. The van der Waals surface area contributed by atoms with Gasteiger partial charge in [-0.05, 0) is 0 Å². The minimum Gasteiger partial charge on any atom is -0.378 e. The zero-order valence-electron chi connectivity index (χ0n) is 17.2. The maximum Gasteiger partial charge on any atom is 0.320 e. The van der Waals surface area contributed by atoms with E-state index in [1.54, 1.807) is 4.68 Å². The fraction of sp³-hybridized carbons (Fsp3) is 0.684. The van der Waals surface area contributed by atoms with Gasteiger partial charge >= 0.3 is 6.03 Å². The van der Waals surface area contributed by atoms with Crippen LogP contribution in [0.4, 0.5) is 10.6 Å². The molecule has 2 aromatic heterocycles. The fourth-order valence-corrected chi connectivity index (χ4v) is 3.65. The van der Waals surface area contributed by atoms with Gasteiger partial charge in [-0.15, -0.1) is 0 Å². The molecule has 0 N–H and O–H groups in total. The van der Waals surface area contributed by atoms with Crippen molar-refractivity contribution in [3.63, 3.8) is 0 Å². The number of hydrogen-bond acceptors (Lipinski definition) is 6. The maximum atomic E-state index is 12.7. The summed E-state index contributed by atoms with van der Waals surface area (Å²) in [5, 5.41) is 5.34. The zero-order valence-corrected chi connectivity index (χ0v) is 17.2. The van der Waals surface area contributed by atoms with E-state index >= 15 is 0 Å². The first-order chi connectivity index (χ1) is 13.3. The molecule has 28 heavy (non-hydrogen) atoms. The van der Waals surface area contributed by atoms with E-state index < -0.39 is 0 Å². The van der Waals surface area contributed by atoms with Crippen LogP contribution in [0, 0.1) is 0 Å². The van der Waals surface area contributed by atoms with E-state index in [0.717, 1.165) is 35.8 Å². The number of carbonyl (C=O) groups excluding carboxylic acids is 1. The van der Waals surface area contributed by atoms with E-state index in [-0.39, 0.29) is 11.4 Å². The molecule has 9 heteroatoms. The van der Waals surface area contributed by atoms with Crippen LogP contribution < -0.4 is 4.90 Å². The van der Waals surface area contributed by atoms with Crippen molar-refractivity contribution < 1.29 is 9.53 Å². The summed E-state index contributed by atoms with van der Waals surface area (Å²) in [6, 6.07) is 0.118. The van der Waals surface area contributed by atoms with Gasteiger partial charge in [0.25, 0.3) is 0 Å². The number of fused-ring (bicyclic) bond motifs is 1. The quantitative estimate of drug-likeness (QED) is 0.732. The van der Waals surface area contributed by atoms with Gasteiger partial charge < -0.3 is 19.4 Å². The second-order valence-electron chi connectivity index (χ2n) is 8.48. The first-order valence-electron chi connectivity index (χ1n) is 9.91. The summed E-state index contributed by atoms with van der Waals surface area (Å²) in [5.41, 5.74) is 0.697. The third kappa shape index (κ3) is 3.50. The van der Waals surface area contributed by atoms with Crippen LogP contribution in [-0.2, 0) is 17.2 Å². The highest BCUT2D eigenvalue weighted by molar-refractivity contribution is 5.87. The van der Waals surface area contributed by atoms with Crippen LogP contribution in [0.15, 0.2) is 6.20 Å². The van der Waals surface area contributed by atoms with Crippen LogP contribution in [0.3, 0.4) is 0 Å². The molecule has 0 bridgehead atoms. The number of aromatic nitrogens is 4. The van der Waals surface area contributed by atoms with Crippen LogP contribution in [0.2, 0.25) is 0 Å². The van der Waals surface area contributed by atoms with Crippen molar-refractivity contribution in [3.05, 3.63) is 12.0 Å². The normalized spacial score (nSPS) is 18.8. The smallest absolute Gasteiger partial charge is 0.320 e. The number of rotatable bonds is 1. The Kier molecular flexibility index (Phi) is 4.86. The molecule has 2 amide bonds. The maximum absolute atomic E-state index is 12.7. The first-order valence-corrected chi connectivity index (χ1v) is 9.91. The summed E-state index contributed by atoms with van der Waals surface area (Å²) in [7, 11) is 1.91. The minimum atomic E-state index is -0.151. The molecular formula is C19H29N7O2. The van der Waals surface area contributed by atoms with Crippen LogP contribution in [0.5, 0.6) is 0 Å². The van der Waals surface area contributed by atoms with Crippen LogP contribution >= 0.6 is 0 Å². The highest BCUT2D eigenvalue weighted by Gasteiger charge is 2.29. The van der Waals surface area contributed by atoms with Gasteiger partial charge in [0.05, 0.1) is 24.8 Å². The van der Waals surface area contributed by atoms with Gasteiger partial charge in [-0.25, -0.2) is 14.8 Å². The number of piperazine rings is 1. The Morgan fingerprint density at radius 2 is 1.64 bits per heavy atom. The minimum absolute atomic E-state index is 0.118. The highest BCUT2D eigenvalue weighted by Crippen LogP contribution is 2.28. The standard InChI is InChI=1S/C19H29N7O2/c1-19(2,3)17-21-15-14(13-20-23(15)4)16(22-17)24-5-7-25(8-6-24)18(27)26-9-11-28-12-10-26/h13H,5-12H2,1-4H3. The number of ether oxygens (including phenoxy) is 1. The molecule has 2 aliphatic rings. The third-order valence-corrected chi connectivity index (χ3v) is 5.37. The number of nitrogens with zero attached hydrogens (tertiary/aromatic N) is 7. The Bertz CT molecular complexity index is 859. The Balaban J connectivity index is 1.54. The second kappa shape index (κ2) is 7.20. The molecule has 0 unspecified atom stereocenters. The molecule has 4 heterocycles. The van der Waals surface area contributed by atoms with Crippen molar-refractivity contribution in [2.24, 2.45) is 7.05 Å². The van der Waals surface area contributed by atoms with Gasteiger partial charge in [0, 0.05) is 51.7 Å². The summed E-state index contributed by atoms with van der Waals surface area (Å²) >= 11 is 0. The van der Waals surface area contributed by atoms with Crippen molar-refractivity contribution >= 4 is 22.9 Å². The lowest BCUT2D eigenvalue weighted by Gasteiger charge is -2.39. The lowest BCUT2D eigenvalue weighted by Crippen LogP contribution is -2.55. The van der Waals surface area contributed by atoms with E-state index in [2.05, 4.69) is 30.8 Å². The van der Waals surface area contributed by atoms with Crippen LogP contribution in [0.1, 0.15) is 26.6 Å². The van der Waals surface area contributed by atoms with E-state index in [1.165, 1.54) is 0 Å². The van der Waals surface area contributed by atoms with Gasteiger partial charge in [0.15, 0.2) is 5.65 Å². The van der Waals surface area contributed by atoms with Crippen molar-refractivity contribution in [1.82, 2.24) is 29.5 Å². The molecule has 4 rings (SSSR count). The Labute approximate surface area is 165 Å². The summed E-state index contributed by atoms with van der Waals surface area (Å²) in [6.07, 6.45) is 1.84. The fourth-order valence-electron chi connectivity index (χ4n) is 3.65. The average Bonchev–Trinajstić information content (AvgIpc) is 3.08. The van der Waals surface area contributed by atoms with Crippen molar-refractivity contribution in [2.75, 3.05) is 57.4 Å². The molecule has 0 radical (unpaired) electrons. The summed E-state index contributed by atoms with van der Waals surface area (Å²) < 4.78 is 7.15. The van der Waals surface area contributed by atoms with Crippen molar-refractivity contribution in [3.8, 4) is 0 Å². The number of hydrogen-bond donors (Lipinski definition) is 0. The molecule has 2 saturated heterocycles. The zero-order chi connectivity index (χ0) is 19.9. The second-order valence-corrected chi connectivity index (χ2v) is 8.48. The molecule has 0 aromatic carbocycles. The number of anilines is 1. The van der Waals surface area contributed by atoms with Crippen LogP contribution in [-0.4, -0.2) is 88.1 Å². The van der Waals surface area contributed by atoms with Gasteiger partial charge in [-0.1, -0.05) is 20.8 Å². The number of amides is 2. The Morgan fingerprint density at radius 3 is 2.29 bits per heavy atom. The average molecular weight is 387 g/mol. The lowest BCUT2D eigenvalue weighted by molar-refractivity contribution is 0.0428. The first kappa shape index (κ1) is 18.9. The van der Waals surface area contributed by atoms with E-state index in [0.29, 0.717) is 39.4 Å². The van der Waals surface area contributed by atoms with Gasteiger partial charge in [0.1, 0.15) is 11.6 Å². The highest BCUT2D eigenvalue weighted by atomic mass is 16.5. The van der Waals surface area contributed by atoms with Gasteiger partial charge in [0.2, 0.25) is 0 Å². The van der Waals surface area contributed by atoms with Crippen LogP contribution in [0.25, 0.3) is 11.0 Å². The number of carbonyl (C=O) groups is 1. The predicted molar refractivity (Wildman–Crippen MR) is 107 cm³/mol. The molecule has 2 aromatic rings. The number of aryl methyl sites for hydroxylation is 1.